The third-order valence-corrected chi connectivity index (χ3v) is 4.57. The normalized spacial score (nSPS) is 11.7. The Bertz CT molecular complexity index is 629. The van der Waals surface area contributed by atoms with E-state index in [1.165, 1.54) is 24.1 Å². The molecule has 2 amide bonds. The number of rotatable bonds is 5. The van der Waals surface area contributed by atoms with Gasteiger partial charge in [0.25, 0.3) is 5.91 Å². The molecule has 22 heavy (non-hydrogen) atoms. The summed E-state index contributed by atoms with van der Waals surface area (Å²) in [5.41, 5.74) is 5.84. The topological polar surface area (TPSA) is 71.3 Å². The molecule has 2 N–H and O–H groups in total. The summed E-state index contributed by atoms with van der Waals surface area (Å²) in [6.07, 6.45) is 1.40. The molecular formula is C15H15BrN2O3S. The Labute approximate surface area is 140 Å². The van der Waals surface area contributed by atoms with E-state index in [2.05, 4.69) is 26.8 Å². The van der Waals surface area contributed by atoms with E-state index in [0.717, 1.165) is 10.0 Å². The average molecular weight is 383 g/mol. The molecule has 0 aliphatic heterocycles. The number of furan rings is 1. The standard InChI is InChI=1S/C15H15BrN2O3S/c1-10(22-9-11-4-6-12(16)7-5-11)14(19)17-18-15(20)13-3-2-8-21-13/h2-8,10H,9H2,1H3,(H,17,19)(H,18,20)/t10-/m0/s1. The Morgan fingerprint density at radius 2 is 1.95 bits per heavy atom. The van der Waals surface area contributed by atoms with E-state index in [-0.39, 0.29) is 16.9 Å². The summed E-state index contributed by atoms with van der Waals surface area (Å²) < 4.78 is 5.95. The van der Waals surface area contributed by atoms with Crippen molar-refractivity contribution >= 4 is 39.5 Å². The Balaban J connectivity index is 1.75. The lowest BCUT2D eigenvalue weighted by atomic mass is 10.2. The zero-order valence-corrected chi connectivity index (χ0v) is 14.2. The van der Waals surface area contributed by atoms with Crippen molar-refractivity contribution in [2.75, 3.05) is 0 Å². The fourth-order valence-corrected chi connectivity index (χ4v) is 2.68. The molecule has 2 rings (SSSR count). The van der Waals surface area contributed by atoms with Crippen molar-refractivity contribution in [3.63, 3.8) is 0 Å². The lowest BCUT2D eigenvalue weighted by Crippen LogP contribution is -2.44. The lowest BCUT2D eigenvalue weighted by Gasteiger charge is -2.12. The molecule has 7 heteroatoms. The summed E-state index contributed by atoms with van der Waals surface area (Å²) in [6.45, 7) is 1.79. The van der Waals surface area contributed by atoms with Crippen LogP contribution in [-0.4, -0.2) is 17.1 Å². The number of carbonyl (C=O) groups is 2. The summed E-state index contributed by atoms with van der Waals surface area (Å²) in [5.74, 6) is 0.120. The van der Waals surface area contributed by atoms with Crippen molar-refractivity contribution in [1.29, 1.82) is 0 Å². The molecule has 1 heterocycles. The van der Waals surface area contributed by atoms with Crippen LogP contribution in [0.25, 0.3) is 0 Å². The first kappa shape index (κ1) is 16.6. The van der Waals surface area contributed by atoms with Gasteiger partial charge in [-0.15, -0.1) is 11.8 Å². The van der Waals surface area contributed by atoms with E-state index in [4.69, 9.17) is 4.42 Å². The van der Waals surface area contributed by atoms with E-state index in [0.29, 0.717) is 5.75 Å². The number of hydrazine groups is 1. The third-order valence-electron chi connectivity index (χ3n) is 2.83. The van der Waals surface area contributed by atoms with Crippen LogP contribution in [0.3, 0.4) is 0 Å². The maximum Gasteiger partial charge on any atom is 0.305 e. The van der Waals surface area contributed by atoms with Crippen LogP contribution in [0, 0.1) is 0 Å². The summed E-state index contributed by atoms with van der Waals surface area (Å²) in [5, 5.41) is -0.291. The first-order valence-electron chi connectivity index (χ1n) is 6.56. The predicted molar refractivity (Wildman–Crippen MR) is 89.2 cm³/mol. The van der Waals surface area contributed by atoms with E-state index < -0.39 is 5.91 Å². The number of thioether (sulfide) groups is 1. The second-order valence-electron chi connectivity index (χ2n) is 4.50. The second kappa shape index (κ2) is 8.05. The van der Waals surface area contributed by atoms with E-state index in [9.17, 15) is 9.59 Å². The Morgan fingerprint density at radius 1 is 1.23 bits per heavy atom. The van der Waals surface area contributed by atoms with Gasteiger partial charge in [0.15, 0.2) is 5.76 Å². The molecule has 5 nitrogen and oxygen atoms in total. The number of carbonyl (C=O) groups excluding carboxylic acids is 2. The summed E-state index contributed by atoms with van der Waals surface area (Å²) in [4.78, 5) is 23.5. The van der Waals surface area contributed by atoms with Gasteiger partial charge in [-0.3, -0.25) is 20.4 Å². The highest BCUT2D eigenvalue weighted by molar-refractivity contribution is 9.10. The van der Waals surface area contributed by atoms with Crippen molar-refractivity contribution in [3.05, 3.63) is 58.5 Å². The number of hydrogen-bond acceptors (Lipinski definition) is 4. The van der Waals surface area contributed by atoms with Crippen LogP contribution in [0.1, 0.15) is 23.0 Å². The van der Waals surface area contributed by atoms with Crippen LogP contribution in [-0.2, 0) is 10.5 Å². The number of amides is 2. The molecule has 0 saturated carbocycles. The van der Waals surface area contributed by atoms with E-state index >= 15 is 0 Å². The van der Waals surface area contributed by atoms with Crippen LogP contribution in [0.5, 0.6) is 0 Å². The molecular weight excluding hydrogens is 368 g/mol. The molecule has 2 aromatic rings. The first-order valence-corrected chi connectivity index (χ1v) is 8.40. The molecule has 0 saturated heterocycles. The van der Waals surface area contributed by atoms with Gasteiger partial charge in [-0.1, -0.05) is 28.1 Å². The molecule has 0 spiro atoms. The fraction of sp³-hybridized carbons (Fsp3) is 0.200. The van der Waals surface area contributed by atoms with E-state index in [1.54, 1.807) is 13.0 Å². The largest absolute Gasteiger partial charge is 0.459 e. The summed E-state index contributed by atoms with van der Waals surface area (Å²) in [7, 11) is 0. The predicted octanol–water partition coefficient (Wildman–Crippen LogP) is 3.13. The molecule has 0 fully saturated rings. The van der Waals surface area contributed by atoms with Crippen molar-refractivity contribution < 1.29 is 14.0 Å². The van der Waals surface area contributed by atoms with Crippen LogP contribution in [0.2, 0.25) is 0 Å². The van der Waals surface area contributed by atoms with Crippen molar-refractivity contribution in [3.8, 4) is 0 Å². The molecule has 0 aliphatic carbocycles. The summed E-state index contributed by atoms with van der Waals surface area (Å²) in [6, 6.07) is 11.1. The van der Waals surface area contributed by atoms with Crippen LogP contribution in [0.4, 0.5) is 0 Å². The van der Waals surface area contributed by atoms with Gasteiger partial charge in [0, 0.05) is 10.2 Å². The zero-order valence-electron chi connectivity index (χ0n) is 11.8. The quantitative estimate of drug-likeness (QED) is 0.779. The number of benzene rings is 1. The van der Waals surface area contributed by atoms with Gasteiger partial charge in [0.1, 0.15) is 0 Å². The van der Waals surface area contributed by atoms with Gasteiger partial charge < -0.3 is 4.42 Å². The fourth-order valence-electron chi connectivity index (χ4n) is 1.57. The van der Waals surface area contributed by atoms with Gasteiger partial charge in [0.2, 0.25) is 0 Å². The molecule has 0 aliphatic rings. The van der Waals surface area contributed by atoms with E-state index in [1.807, 2.05) is 24.3 Å². The number of halogens is 1. The van der Waals surface area contributed by atoms with Gasteiger partial charge in [-0.05, 0) is 36.8 Å². The van der Waals surface area contributed by atoms with Gasteiger partial charge in [-0.2, -0.15) is 0 Å². The van der Waals surface area contributed by atoms with Crippen LogP contribution in [0.15, 0.2) is 51.6 Å². The van der Waals surface area contributed by atoms with Crippen molar-refractivity contribution in [1.82, 2.24) is 10.9 Å². The minimum atomic E-state index is -0.483. The highest BCUT2D eigenvalue weighted by atomic mass is 79.9. The first-order chi connectivity index (χ1) is 10.6. The Morgan fingerprint density at radius 3 is 2.59 bits per heavy atom. The molecule has 116 valence electrons. The highest BCUT2D eigenvalue weighted by Gasteiger charge is 2.15. The number of hydrogen-bond donors (Lipinski definition) is 2. The molecule has 1 atom stereocenters. The second-order valence-corrected chi connectivity index (χ2v) is 6.75. The van der Waals surface area contributed by atoms with Crippen molar-refractivity contribution in [2.45, 2.75) is 17.9 Å². The minimum absolute atomic E-state index is 0.149. The smallest absolute Gasteiger partial charge is 0.305 e. The maximum absolute atomic E-state index is 11.9. The molecule has 0 unspecified atom stereocenters. The lowest BCUT2D eigenvalue weighted by molar-refractivity contribution is -0.121. The number of nitrogens with one attached hydrogen (secondary N) is 2. The van der Waals surface area contributed by atoms with Crippen LogP contribution < -0.4 is 10.9 Å². The molecule has 0 radical (unpaired) electrons. The molecule has 0 bridgehead atoms. The maximum atomic E-state index is 11.9. The molecule has 1 aromatic carbocycles. The third kappa shape index (κ3) is 4.92. The average Bonchev–Trinajstić information content (AvgIpc) is 3.06. The van der Waals surface area contributed by atoms with Crippen molar-refractivity contribution in [2.24, 2.45) is 0 Å². The molecule has 1 aromatic heterocycles. The van der Waals surface area contributed by atoms with Crippen LogP contribution >= 0.6 is 27.7 Å². The Hall–Kier alpha value is -1.73. The minimum Gasteiger partial charge on any atom is -0.459 e. The van der Waals surface area contributed by atoms with Gasteiger partial charge in [0.05, 0.1) is 11.5 Å². The van der Waals surface area contributed by atoms with Gasteiger partial charge in [-0.25, -0.2) is 0 Å². The monoisotopic (exact) mass is 382 g/mol. The Kier molecular flexibility index (Phi) is 6.09. The zero-order chi connectivity index (χ0) is 15.9. The van der Waals surface area contributed by atoms with Gasteiger partial charge >= 0.3 is 5.91 Å². The summed E-state index contributed by atoms with van der Waals surface area (Å²) >= 11 is 4.87. The highest BCUT2D eigenvalue weighted by Crippen LogP contribution is 2.19. The SMILES string of the molecule is C[C@H](SCc1ccc(Br)cc1)C(=O)NNC(=O)c1ccco1.